The Bertz CT molecular complexity index is 1440. The van der Waals surface area contributed by atoms with Gasteiger partial charge in [-0.2, -0.15) is 0 Å². The fraction of sp³-hybridized carbons (Fsp3) is 0.0625. The molecular formula is C32H26IrN2. The number of aryl methyl sites for hydroxylation is 2. The second-order valence-corrected chi connectivity index (χ2v) is 8.42. The van der Waals surface area contributed by atoms with Crippen LogP contribution in [0.2, 0.25) is 0 Å². The Morgan fingerprint density at radius 2 is 0.771 bits per heavy atom. The van der Waals surface area contributed by atoms with Crippen molar-refractivity contribution in [2.24, 2.45) is 0 Å². The van der Waals surface area contributed by atoms with Gasteiger partial charge in [0.2, 0.25) is 0 Å². The molecule has 0 N–H and O–H groups in total. The van der Waals surface area contributed by atoms with Crippen LogP contribution in [0.1, 0.15) is 11.1 Å². The Balaban J connectivity index is 0.000000160. The fourth-order valence-electron chi connectivity index (χ4n) is 4.21. The van der Waals surface area contributed by atoms with Gasteiger partial charge in [0.15, 0.2) is 0 Å². The first-order chi connectivity index (χ1) is 16.7. The summed E-state index contributed by atoms with van der Waals surface area (Å²) in [7, 11) is 0. The Labute approximate surface area is 220 Å². The van der Waals surface area contributed by atoms with E-state index >= 15 is 0 Å². The van der Waals surface area contributed by atoms with Gasteiger partial charge in [-0.3, -0.25) is 0 Å². The number of para-hydroxylation sites is 2. The Morgan fingerprint density at radius 3 is 1.17 bits per heavy atom. The normalized spacial score (nSPS) is 10.3. The first-order valence-corrected chi connectivity index (χ1v) is 11.5. The van der Waals surface area contributed by atoms with E-state index in [1.807, 2.05) is 48.5 Å². The number of pyridine rings is 2. The molecule has 3 heteroatoms. The summed E-state index contributed by atoms with van der Waals surface area (Å²) < 4.78 is 0. The van der Waals surface area contributed by atoms with E-state index in [4.69, 9.17) is 9.97 Å². The summed E-state index contributed by atoms with van der Waals surface area (Å²) in [5.41, 5.74) is 9.09. The molecule has 0 aliphatic rings. The molecular weight excluding hydrogens is 605 g/mol. The van der Waals surface area contributed by atoms with Gasteiger partial charge in [-0.1, -0.05) is 97.1 Å². The predicted molar refractivity (Wildman–Crippen MR) is 144 cm³/mol. The quantitative estimate of drug-likeness (QED) is 0.192. The van der Waals surface area contributed by atoms with Crippen LogP contribution in [0, 0.1) is 13.8 Å². The van der Waals surface area contributed by atoms with E-state index in [0.717, 1.165) is 22.4 Å². The first kappa shape index (κ1) is 24.5. The maximum Gasteiger partial charge on any atom is 0.0712 e. The number of hydrogen-bond donors (Lipinski definition) is 0. The molecule has 0 spiro atoms. The molecule has 173 valence electrons. The number of nitrogens with zero attached hydrogens (tertiary/aromatic N) is 2. The van der Waals surface area contributed by atoms with Crippen LogP contribution in [0.4, 0.5) is 0 Å². The minimum atomic E-state index is 0. The van der Waals surface area contributed by atoms with Gasteiger partial charge in [-0.25, -0.2) is 9.97 Å². The van der Waals surface area contributed by atoms with Crippen LogP contribution in [0.25, 0.3) is 44.3 Å². The largest absolute Gasteiger partial charge is 0.248 e. The van der Waals surface area contributed by atoms with E-state index in [1.54, 1.807) is 0 Å². The molecule has 1 radical (unpaired) electrons. The van der Waals surface area contributed by atoms with Gasteiger partial charge in [0.25, 0.3) is 0 Å². The van der Waals surface area contributed by atoms with E-state index in [1.165, 1.54) is 33.0 Å². The number of benzene rings is 4. The minimum absolute atomic E-state index is 0. The molecule has 0 atom stereocenters. The summed E-state index contributed by atoms with van der Waals surface area (Å²) in [4.78, 5) is 9.41. The molecule has 0 aliphatic heterocycles. The van der Waals surface area contributed by atoms with Crippen LogP contribution < -0.4 is 0 Å². The molecule has 0 saturated carbocycles. The van der Waals surface area contributed by atoms with Crippen molar-refractivity contribution in [3.05, 3.63) is 132 Å². The summed E-state index contributed by atoms with van der Waals surface area (Å²) in [5.74, 6) is 0. The average Bonchev–Trinajstić information content (AvgIpc) is 2.90. The van der Waals surface area contributed by atoms with Crippen molar-refractivity contribution in [2.45, 2.75) is 13.8 Å². The van der Waals surface area contributed by atoms with Gasteiger partial charge >= 0.3 is 0 Å². The second-order valence-electron chi connectivity index (χ2n) is 8.42. The molecule has 0 aliphatic carbocycles. The molecule has 6 rings (SSSR count). The first-order valence-electron chi connectivity index (χ1n) is 11.5. The van der Waals surface area contributed by atoms with Crippen LogP contribution in [0.5, 0.6) is 0 Å². The standard InChI is InChI=1S/2C16H13N.Ir/c2*1-12-11-16(13-7-3-2-4-8-13)17-15-10-6-5-9-14(12)15;/h2*2-11H,1H3;. The van der Waals surface area contributed by atoms with E-state index in [2.05, 4.69) is 86.6 Å². The van der Waals surface area contributed by atoms with Gasteiger partial charge in [-0.15, -0.1) is 0 Å². The third-order valence-corrected chi connectivity index (χ3v) is 5.99. The van der Waals surface area contributed by atoms with Crippen molar-refractivity contribution in [3.63, 3.8) is 0 Å². The number of rotatable bonds is 2. The van der Waals surface area contributed by atoms with E-state index < -0.39 is 0 Å². The summed E-state index contributed by atoms with van der Waals surface area (Å²) in [6.07, 6.45) is 0. The SMILES string of the molecule is Cc1cc(-c2ccccc2)nc2ccccc12.Cc1cc(-c2ccccc2)nc2ccccc12.[Ir]. The monoisotopic (exact) mass is 631 g/mol. The third kappa shape index (κ3) is 5.54. The summed E-state index contributed by atoms with van der Waals surface area (Å²) in [6, 6.07) is 41.4. The maximum absolute atomic E-state index is 4.71. The molecule has 4 aromatic carbocycles. The summed E-state index contributed by atoms with van der Waals surface area (Å²) >= 11 is 0. The Hall–Kier alpha value is -3.65. The molecule has 0 bridgehead atoms. The Kier molecular flexibility index (Phi) is 7.82. The molecule has 0 unspecified atom stereocenters. The van der Waals surface area contributed by atoms with Crippen molar-refractivity contribution in [3.8, 4) is 22.5 Å². The van der Waals surface area contributed by atoms with Gasteiger partial charge in [0.1, 0.15) is 0 Å². The van der Waals surface area contributed by atoms with E-state index in [0.29, 0.717) is 0 Å². The molecule has 0 saturated heterocycles. The molecule has 2 heterocycles. The number of aromatic nitrogens is 2. The van der Waals surface area contributed by atoms with Gasteiger partial charge < -0.3 is 0 Å². The average molecular weight is 631 g/mol. The van der Waals surface area contributed by atoms with Crippen LogP contribution in [-0.4, -0.2) is 9.97 Å². The minimum Gasteiger partial charge on any atom is -0.248 e. The van der Waals surface area contributed by atoms with Gasteiger partial charge in [0.05, 0.1) is 22.4 Å². The molecule has 0 amide bonds. The van der Waals surface area contributed by atoms with Crippen molar-refractivity contribution in [1.29, 1.82) is 0 Å². The zero-order valence-corrected chi connectivity index (χ0v) is 22.2. The zero-order chi connectivity index (χ0) is 23.3. The topological polar surface area (TPSA) is 25.8 Å². The molecule has 2 nitrogen and oxygen atoms in total. The molecule has 0 fully saturated rings. The van der Waals surface area contributed by atoms with Crippen molar-refractivity contribution >= 4 is 21.8 Å². The van der Waals surface area contributed by atoms with Crippen molar-refractivity contribution < 1.29 is 20.1 Å². The number of fused-ring (bicyclic) bond motifs is 2. The zero-order valence-electron chi connectivity index (χ0n) is 19.8. The molecule has 2 aromatic heterocycles. The van der Waals surface area contributed by atoms with Crippen LogP contribution in [-0.2, 0) is 20.1 Å². The van der Waals surface area contributed by atoms with E-state index in [-0.39, 0.29) is 20.1 Å². The molecule has 6 aromatic rings. The second kappa shape index (κ2) is 11.2. The van der Waals surface area contributed by atoms with Crippen LogP contribution in [0.3, 0.4) is 0 Å². The van der Waals surface area contributed by atoms with Crippen LogP contribution in [0.15, 0.2) is 121 Å². The maximum atomic E-state index is 4.71. The van der Waals surface area contributed by atoms with Crippen molar-refractivity contribution in [2.75, 3.05) is 0 Å². The van der Waals surface area contributed by atoms with E-state index in [9.17, 15) is 0 Å². The number of hydrogen-bond acceptors (Lipinski definition) is 2. The Morgan fingerprint density at radius 1 is 0.429 bits per heavy atom. The summed E-state index contributed by atoms with van der Waals surface area (Å²) in [6.45, 7) is 4.27. The van der Waals surface area contributed by atoms with Crippen molar-refractivity contribution in [1.82, 2.24) is 9.97 Å². The fourth-order valence-corrected chi connectivity index (χ4v) is 4.21. The molecule has 35 heavy (non-hydrogen) atoms. The smallest absolute Gasteiger partial charge is 0.0712 e. The van der Waals surface area contributed by atoms with Gasteiger partial charge in [0, 0.05) is 42.0 Å². The van der Waals surface area contributed by atoms with Gasteiger partial charge in [-0.05, 0) is 49.2 Å². The predicted octanol–water partition coefficient (Wildman–Crippen LogP) is 8.42. The van der Waals surface area contributed by atoms with Crippen LogP contribution >= 0.6 is 0 Å². The third-order valence-electron chi connectivity index (χ3n) is 5.99. The summed E-state index contributed by atoms with van der Waals surface area (Å²) in [5, 5.41) is 2.46.